The van der Waals surface area contributed by atoms with Gasteiger partial charge >= 0.3 is 0 Å². The highest BCUT2D eigenvalue weighted by atomic mass is 79.9. The molecule has 0 aliphatic carbocycles. The van der Waals surface area contributed by atoms with E-state index in [1.54, 1.807) is 7.11 Å². The Hall–Kier alpha value is -0.990. The van der Waals surface area contributed by atoms with E-state index in [0.29, 0.717) is 0 Å². The smallest absolute Gasteiger partial charge is 0.123 e. The van der Waals surface area contributed by atoms with Gasteiger partial charge in [-0.1, -0.05) is 57.4 Å². The van der Waals surface area contributed by atoms with E-state index in [-0.39, 0.29) is 4.83 Å². The fourth-order valence-corrected chi connectivity index (χ4v) is 3.02. The van der Waals surface area contributed by atoms with Crippen LogP contribution >= 0.6 is 27.5 Å². The zero-order valence-electron chi connectivity index (χ0n) is 11.0. The summed E-state index contributed by atoms with van der Waals surface area (Å²) >= 11 is 9.80. The summed E-state index contributed by atoms with van der Waals surface area (Å²) in [7, 11) is 1.68. The molecule has 0 radical (unpaired) electrons. The Bertz CT molecular complexity index is 568. The Morgan fingerprint density at radius 2 is 2.00 bits per heavy atom. The SMILES string of the molecule is COc1ccc(Cl)cc1C(Br)Cc1cccc(C)c1. The second kappa shape index (κ2) is 6.44. The van der Waals surface area contributed by atoms with Crippen molar-refractivity contribution in [1.29, 1.82) is 0 Å². The molecule has 0 fully saturated rings. The summed E-state index contributed by atoms with van der Waals surface area (Å²) in [6.07, 6.45) is 0.901. The van der Waals surface area contributed by atoms with Crippen molar-refractivity contribution in [3.63, 3.8) is 0 Å². The van der Waals surface area contributed by atoms with Crippen LogP contribution in [0.25, 0.3) is 0 Å². The minimum atomic E-state index is 0.183. The first-order valence-corrected chi connectivity index (χ1v) is 7.42. The quantitative estimate of drug-likeness (QED) is 0.684. The van der Waals surface area contributed by atoms with Gasteiger partial charge in [0.15, 0.2) is 0 Å². The van der Waals surface area contributed by atoms with Crippen LogP contribution in [0, 0.1) is 6.92 Å². The van der Waals surface area contributed by atoms with Gasteiger partial charge < -0.3 is 4.74 Å². The third-order valence-electron chi connectivity index (χ3n) is 3.03. The molecule has 0 amide bonds. The predicted octanol–water partition coefficient (Wildman–Crippen LogP) is 5.34. The summed E-state index contributed by atoms with van der Waals surface area (Å²) in [5, 5.41) is 0.726. The van der Waals surface area contributed by atoms with Gasteiger partial charge in [0.2, 0.25) is 0 Å². The zero-order chi connectivity index (χ0) is 13.8. The summed E-state index contributed by atoms with van der Waals surface area (Å²) < 4.78 is 5.39. The maximum atomic E-state index is 6.07. The monoisotopic (exact) mass is 338 g/mol. The van der Waals surface area contributed by atoms with Crippen molar-refractivity contribution in [3.05, 3.63) is 64.2 Å². The minimum absolute atomic E-state index is 0.183. The molecule has 0 N–H and O–H groups in total. The average molecular weight is 340 g/mol. The van der Waals surface area contributed by atoms with E-state index in [1.165, 1.54) is 11.1 Å². The summed E-state index contributed by atoms with van der Waals surface area (Å²) in [5.74, 6) is 0.860. The number of hydrogen-bond acceptors (Lipinski definition) is 1. The first-order chi connectivity index (χ1) is 9.10. The molecule has 100 valence electrons. The largest absolute Gasteiger partial charge is 0.496 e. The lowest BCUT2D eigenvalue weighted by Gasteiger charge is -2.15. The zero-order valence-corrected chi connectivity index (χ0v) is 13.3. The van der Waals surface area contributed by atoms with Gasteiger partial charge in [-0.15, -0.1) is 0 Å². The summed E-state index contributed by atoms with van der Waals surface area (Å²) in [6, 6.07) is 14.2. The summed E-state index contributed by atoms with van der Waals surface area (Å²) in [4.78, 5) is 0.183. The number of ether oxygens (including phenoxy) is 1. The van der Waals surface area contributed by atoms with Crippen LogP contribution in [0.5, 0.6) is 5.75 Å². The number of rotatable bonds is 4. The Kier molecular flexibility index (Phi) is 4.89. The summed E-state index contributed by atoms with van der Waals surface area (Å²) in [6.45, 7) is 2.10. The van der Waals surface area contributed by atoms with Crippen LogP contribution in [-0.2, 0) is 6.42 Å². The molecule has 1 nitrogen and oxygen atoms in total. The molecule has 1 unspecified atom stereocenters. The molecule has 2 rings (SSSR count). The second-order valence-electron chi connectivity index (χ2n) is 4.55. The lowest BCUT2D eigenvalue weighted by molar-refractivity contribution is 0.409. The standard InChI is InChI=1S/C16H16BrClO/c1-11-4-3-5-12(8-11)9-15(17)14-10-13(18)6-7-16(14)19-2/h3-8,10,15H,9H2,1-2H3. The van der Waals surface area contributed by atoms with Crippen LogP contribution in [0.4, 0.5) is 0 Å². The summed E-state index contributed by atoms with van der Waals surface area (Å²) in [5.41, 5.74) is 3.65. The van der Waals surface area contributed by atoms with E-state index < -0.39 is 0 Å². The number of hydrogen-bond donors (Lipinski definition) is 0. The van der Waals surface area contributed by atoms with E-state index in [2.05, 4.69) is 47.1 Å². The Morgan fingerprint density at radius 1 is 1.21 bits per heavy atom. The van der Waals surface area contributed by atoms with Gasteiger partial charge in [-0.2, -0.15) is 0 Å². The lowest BCUT2D eigenvalue weighted by atomic mass is 10.0. The van der Waals surface area contributed by atoms with Crippen molar-refractivity contribution in [2.45, 2.75) is 18.2 Å². The number of benzene rings is 2. The van der Waals surface area contributed by atoms with Crippen LogP contribution in [0.15, 0.2) is 42.5 Å². The van der Waals surface area contributed by atoms with Gasteiger partial charge in [-0.05, 0) is 37.1 Å². The maximum Gasteiger partial charge on any atom is 0.123 e. The van der Waals surface area contributed by atoms with Crippen molar-refractivity contribution in [1.82, 2.24) is 0 Å². The van der Waals surface area contributed by atoms with Crippen LogP contribution < -0.4 is 4.74 Å². The predicted molar refractivity (Wildman–Crippen MR) is 84.6 cm³/mol. The normalized spacial score (nSPS) is 12.2. The molecule has 0 heterocycles. The van der Waals surface area contributed by atoms with Crippen molar-refractivity contribution >= 4 is 27.5 Å². The molecule has 0 saturated heterocycles. The molecule has 2 aromatic rings. The van der Waals surface area contributed by atoms with Crippen LogP contribution in [0.3, 0.4) is 0 Å². The van der Waals surface area contributed by atoms with E-state index in [0.717, 1.165) is 22.8 Å². The molecule has 0 saturated carbocycles. The second-order valence-corrected chi connectivity index (χ2v) is 6.09. The molecule has 0 bridgehead atoms. The van der Waals surface area contributed by atoms with Crippen LogP contribution in [0.2, 0.25) is 5.02 Å². The van der Waals surface area contributed by atoms with E-state index >= 15 is 0 Å². The number of aryl methyl sites for hydroxylation is 1. The molecule has 0 aliphatic rings. The average Bonchev–Trinajstić information content (AvgIpc) is 2.38. The number of methoxy groups -OCH3 is 1. The fraction of sp³-hybridized carbons (Fsp3) is 0.250. The molecule has 19 heavy (non-hydrogen) atoms. The molecule has 2 aromatic carbocycles. The van der Waals surface area contributed by atoms with Gasteiger partial charge in [0.25, 0.3) is 0 Å². The molecule has 0 aliphatic heterocycles. The van der Waals surface area contributed by atoms with Crippen molar-refractivity contribution < 1.29 is 4.74 Å². The fourth-order valence-electron chi connectivity index (χ4n) is 2.11. The molecular formula is C16H16BrClO. The van der Waals surface area contributed by atoms with Gasteiger partial charge in [0.05, 0.1) is 7.11 Å². The Balaban J connectivity index is 2.24. The molecular weight excluding hydrogens is 324 g/mol. The highest BCUT2D eigenvalue weighted by Gasteiger charge is 2.14. The third kappa shape index (κ3) is 3.74. The number of alkyl halides is 1. The van der Waals surface area contributed by atoms with Crippen molar-refractivity contribution in [2.24, 2.45) is 0 Å². The van der Waals surface area contributed by atoms with Gasteiger partial charge in [-0.3, -0.25) is 0 Å². The number of halogens is 2. The molecule has 0 spiro atoms. The van der Waals surface area contributed by atoms with E-state index in [1.807, 2.05) is 18.2 Å². The molecule has 1 atom stereocenters. The van der Waals surface area contributed by atoms with Crippen LogP contribution in [-0.4, -0.2) is 7.11 Å². The Labute approximate surface area is 127 Å². The highest BCUT2D eigenvalue weighted by Crippen LogP contribution is 2.35. The first kappa shape index (κ1) is 14.4. The van der Waals surface area contributed by atoms with Gasteiger partial charge in [-0.25, -0.2) is 0 Å². The minimum Gasteiger partial charge on any atom is -0.496 e. The van der Waals surface area contributed by atoms with E-state index in [4.69, 9.17) is 16.3 Å². The van der Waals surface area contributed by atoms with E-state index in [9.17, 15) is 0 Å². The van der Waals surface area contributed by atoms with Gasteiger partial charge in [0.1, 0.15) is 5.75 Å². The van der Waals surface area contributed by atoms with Crippen LogP contribution in [0.1, 0.15) is 21.5 Å². The van der Waals surface area contributed by atoms with Crippen molar-refractivity contribution in [2.75, 3.05) is 7.11 Å². The maximum absolute atomic E-state index is 6.07. The van der Waals surface area contributed by atoms with Crippen molar-refractivity contribution in [3.8, 4) is 5.75 Å². The van der Waals surface area contributed by atoms with Gasteiger partial charge in [0, 0.05) is 15.4 Å². The molecule has 3 heteroatoms. The Morgan fingerprint density at radius 3 is 2.68 bits per heavy atom. The topological polar surface area (TPSA) is 9.23 Å². The highest BCUT2D eigenvalue weighted by molar-refractivity contribution is 9.09. The molecule has 0 aromatic heterocycles. The lowest BCUT2D eigenvalue weighted by Crippen LogP contribution is -1.99. The third-order valence-corrected chi connectivity index (χ3v) is 4.08. The first-order valence-electron chi connectivity index (χ1n) is 6.13.